The van der Waals surface area contributed by atoms with Crippen molar-refractivity contribution < 1.29 is 14.6 Å². The highest BCUT2D eigenvalue weighted by atomic mass is 16.6. The van der Waals surface area contributed by atoms with Crippen molar-refractivity contribution in [3.8, 4) is 17.6 Å². The average molecular weight is 362 g/mol. The third-order valence-corrected chi connectivity index (χ3v) is 4.51. The van der Waals surface area contributed by atoms with Crippen molar-refractivity contribution >= 4 is 0 Å². The predicted octanol–water partition coefficient (Wildman–Crippen LogP) is 4.10. The number of hydrogen-bond acceptors (Lipinski definition) is 3. The molecule has 3 rings (SSSR count). The van der Waals surface area contributed by atoms with Crippen molar-refractivity contribution in [2.45, 2.75) is 44.5 Å². The van der Waals surface area contributed by atoms with E-state index in [9.17, 15) is 5.11 Å². The average Bonchev–Trinajstić information content (AvgIpc) is 2.99. The molecule has 0 aliphatic carbocycles. The molecule has 1 aliphatic rings. The monoisotopic (exact) mass is 362 g/mol. The summed E-state index contributed by atoms with van der Waals surface area (Å²) < 4.78 is 11.7. The molecule has 1 saturated heterocycles. The first-order valence-corrected chi connectivity index (χ1v) is 9.23. The van der Waals surface area contributed by atoms with Crippen LogP contribution in [0.3, 0.4) is 0 Å². The van der Waals surface area contributed by atoms with Gasteiger partial charge in [-0.25, -0.2) is 0 Å². The fraction of sp³-hybridized carbons (Fsp3) is 0.333. The van der Waals surface area contributed by atoms with Gasteiger partial charge in [0, 0.05) is 5.56 Å². The first-order valence-electron chi connectivity index (χ1n) is 9.23. The molecule has 0 bridgehead atoms. The van der Waals surface area contributed by atoms with Gasteiger partial charge in [0.2, 0.25) is 0 Å². The molecule has 0 unspecified atom stereocenters. The van der Waals surface area contributed by atoms with Crippen molar-refractivity contribution in [3.63, 3.8) is 0 Å². The Kier molecular flexibility index (Phi) is 6.01. The van der Waals surface area contributed by atoms with Crippen LogP contribution < -0.4 is 4.74 Å². The summed E-state index contributed by atoms with van der Waals surface area (Å²) in [6, 6.07) is 17.8. The van der Waals surface area contributed by atoms with E-state index in [2.05, 4.69) is 44.7 Å². The molecular weight excluding hydrogens is 336 g/mol. The zero-order valence-corrected chi connectivity index (χ0v) is 16.1. The Bertz CT molecular complexity index is 820. The van der Waals surface area contributed by atoms with E-state index in [0.29, 0.717) is 0 Å². The zero-order valence-electron chi connectivity index (χ0n) is 16.1. The molecule has 2 aromatic carbocycles. The molecule has 1 N–H and O–H groups in total. The second-order valence-electron chi connectivity index (χ2n) is 7.72. The molecule has 0 aromatic heterocycles. The maximum atomic E-state index is 10.2. The van der Waals surface area contributed by atoms with E-state index in [1.807, 2.05) is 48.5 Å². The summed E-state index contributed by atoms with van der Waals surface area (Å²) in [6.07, 6.45) is 2.17. The summed E-state index contributed by atoms with van der Waals surface area (Å²) in [5, 5.41) is 10.2. The standard InChI is InChI=1S/C24H26O3/c1-24(2,3)19-13-15-20(16-14-19)27-23-21(25)17-26-22(23)12-8-7-11-18-9-5-4-6-10-18/h4-6,8-10,12-16,21-23,25H,17H2,1-3H3/b12-8+/t21-,22+,23-/m1/s1. The van der Waals surface area contributed by atoms with Crippen molar-refractivity contribution in [1.29, 1.82) is 0 Å². The number of benzene rings is 2. The van der Waals surface area contributed by atoms with Gasteiger partial charge >= 0.3 is 0 Å². The smallest absolute Gasteiger partial charge is 0.156 e. The fourth-order valence-electron chi connectivity index (χ4n) is 2.91. The lowest BCUT2D eigenvalue weighted by Gasteiger charge is -2.22. The number of rotatable bonds is 3. The van der Waals surface area contributed by atoms with Gasteiger partial charge in [0.15, 0.2) is 6.10 Å². The number of aliphatic hydroxyl groups is 1. The van der Waals surface area contributed by atoms with Crippen LogP contribution in [0.1, 0.15) is 31.9 Å². The molecule has 3 heteroatoms. The largest absolute Gasteiger partial charge is 0.485 e. The van der Waals surface area contributed by atoms with Gasteiger partial charge in [0.25, 0.3) is 0 Å². The van der Waals surface area contributed by atoms with Gasteiger partial charge in [-0.05, 0) is 47.4 Å². The molecule has 0 spiro atoms. The van der Waals surface area contributed by atoms with Crippen molar-refractivity contribution in [2.24, 2.45) is 0 Å². The second kappa shape index (κ2) is 8.43. The molecule has 0 amide bonds. The van der Waals surface area contributed by atoms with Crippen molar-refractivity contribution in [1.82, 2.24) is 0 Å². The quantitative estimate of drug-likeness (QED) is 0.836. The third kappa shape index (κ3) is 5.23. The summed E-state index contributed by atoms with van der Waals surface area (Å²) in [5.41, 5.74) is 2.30. The van der Waals surface area contributed by atoms with Crippen molar-refractivity contribution in [3.05, 3.63) is 77.9 Å². The normalized spacial score (nSPS) is 22.4. The highest BCUT2D eigenvalue weighted by Gasteiger charge is 2.36. The topological polar surface area (TPSA) is 38.7 Å². The van der Waals surface area contributed by atoms with Crippen LogP contribution in [0.5, 0.6) is 5.75 Å². The molecule has 0 saturated carbocycles. The highest BCUT2D eigenvalue weighted by molar-refractivity contribution is 5.37. The summed E-state index contributed by atoms with van der Waals surface area (Å²) in [5.74, 6) is 6.80. The maximum Gasteiger partial charge on any atom is 0.156 e. The Morgan fingerprint density at radius 2 is 1.78 bits per heavy atom. The lowest BCUT2D eigenvalue weighted by molar-refractivity contribution is 0.0610. The van der Waals surface area contributed by atoms with Crippen LogP contribution in [-0.4, -0.2) is 30.0 Å². The van der Waals surface area contributed by atoms with Crippen LogP contribution in [0.2, 0.25) is 0 Å². The predicted molar refractivity (Wildman–Crippen MR) is 108 cm³/mol. The first-order chi connectivity index (χ1) is 12.9. The van der Waals surface area contributed by atoms with E-state index >= 15 is 0 Å². The lowest BCUT2D eigenvalue weighted by Crippen LogP contribution is -2.35. The minimum Gasteiger partial charge on any atom is -0.485 e. The number of ether oxygens (including phenoxy) is 2. The molecular formula is C24H26O3. The van der Waals surface area contributed by atoms with Gasteiger partial charge < -0.3 is 14.6 Å². The molecule has 1 fully saturated rings. The van der Waals surface area contributed by atoms with E-state index in [1.54, 1.807) is 6.08 Å². The van der Waals surface area contributed by atoms with E-state index in [-0.39, 0.29) is 18.1 Å². The van der Waals surface area contributed by atoms with Gasteiger partial charge in [-0.1, -0.05) is 62.9 Å². The van der Waals surface area contributed by atoms with Crippen LogP contribution >= 0.6 is 0 Å². The minimum absolute atomic E-state index is 0.0945. The summed E-state index contributed by atoms with van der Waals surface area (Å²) in [7, 11) is 0. The van der Waals surface area contributed by atoms with Crippen LogP contribution in [0.4, 0.5) is 0 Å². The zero-order chi connectivity index (χ0) is 19.3. The number of hydrogen-bond donors (Lipinski definition) is 1. The summed E-state index contributed by atoms with van der Waals surface area (Å²) >= 11 is 0. The Morgan fingerprint density at radius 1 is 1.07 bits per heavy atom. The van der Waals surface area contributed by atoms with Gasteiger partial charge in [0.05, 0.1) is 6.61 Å². The number of aliphatic hydroxyl groups excluding tert-OH is 1. The first kappa shape index (κ1) is 19.2. The Hall–Kier alpha value is -2.54. The van der Waals surface area contributed by atoms with Crippen LogP contribution in [-0.2, 0) is 10.2 Å². The molecule has 1 aliphatic heterocycles. The van der Waals surface area contributed by atoms with Crippen molar-refractivity contribution in [2.75, 3.05) is 6.61 Å². The van der Waals surface area contributed by atoms with Gasteiger partial charge in [-0.15, -0.1) is 0 Å². The molecule has 27 heavy (non-hydrogen) atoms. The SMILES string of the molecule is CC(C)(C)c1ccc(O[C@@H]2[C@H](O)CO[C@H]2/C=C/C#Cc2ccccc2)cc1. The third-order valence-electron chi connectivity index (χ3n) is 4.51. The summed E-state index contributed by atoms with van der Waals surface area (Å²) in [4.78, 5) is 0. The molecule has 3 nitrogen and oxygen atoms in total. The molecule has 0 radical (unpaired) electrons. The fourth-order valence-corrected chi connectivity index (χ4v) is 2.91. The highest BCUT2D eigenvalue weighted by Crippen LogP contribution is 2.27. The molecule has 2 aromatic rings. The second-order valence-corrected chi connectivity index (χ2v) is 7.72. The van der Waals surface area contributed by atoms with Gasteiger partial charge in [-0.3, -0.25) is 0 Å². The number of allylic oxidation sites excluding steroid dienone is 1. The van der Waals surface area contributed by atoms with E-state index < -0.39 is 12.2 Å². The molecule has 140 valence electrons. The minimum atomic E-state index is -0.663. The van der Waals surface area contributed by atoms with Crippen LogP contribution in [0.15, 0.2) is 66.7 Å². The molecule has 3 atom stereocenters. The van der Waals surface area contributed by atoms with E-state index in [0.717, 1.165) is 11.3 Å². The van der Waals surface area contributed by atoms with Gasteiger partial charge in [0.1, 0.15) is 18.0 Å². The van der Waals surface area contributed by atoms with E-state index in [1.165, 1.54) is 5.56 Å². The Morgan fingerprint density at radius 3 is 2.44 bits per heavy atom. The van der Waals surface area contributed by atoms with Crippen LogP contribution in [0, 0.1) is 11.8 Å². The van der Waals surface area contributed by atoms with Crippen LogP contribution in [0.25, 0.3) is 0 Å². The molecule has 1 heterocycles. The van der Waals surface area contributed by atoms with E-state index in [4.69, 9.17) is 9.47 Å². The summed E-state index contributed by atoms with van der Waals surface area (Å²) in [6.45, 7) is 6.78. The van der Waals surface area contributed by atoms with Gasteiger partial charge in [-0.2, -0.15) is 0 Å². The Balaban J connectivity index is 1.65. The lowest BCUT2D eigenvalue weighted by atomic mass is 9.87. The maximum absolute atomic E-state index is 10.2. The Labute approximate surface area is 161 Å².